The highest BCUT2D eigenvalue weighted by Crippen LogP contribution is 2.42. The van der Waals surface area contributed by atoms with Crippen LogP contribution < -0.4 is 5.32 Å². The van der Waals surface area contributed by atoms with Crippen LogP contribution in [0.5, 0.6) is 11.5 Å². The molecule has 178 valence electrons. The number of nitrogens with zero attached hydrogens (tertiary/aromatic N) is 1. The molecule has 0 saturated carbocycles. The summed E-state index contributed by atoms with van der Waals surface area (Å²) in [6, 6.07) is 11.5. The first-order valence-corrected chi connectivity index (χ1v) is 11.2. The summed E-state index contributed by atoms with van der Waals surface area (Å²) in [6.45, 7) is 3.87. The summed E-state index contributed by atoms with van der Waals surface area (Å²) in [5, 5.41) is 24.4. The topological polar surface area (TPSA) is 65.0 Å². The lowest BCUT2D eigenvalue weighted by Gasteiger charge is -2.40. The summed E-state index contributed by atoms with van der Waals surface area (Å²) in [5.41, 5.74) is 3.15. The van der Waals surface area contributed by atoms with E-state index in [2.05, 4.69) is 22.3 Å². The summed E-state index contributed by atoms with van der Waals surface area (Å²) in [7, 11) is 1.91. The second-order valence-corrected chi connectivity index (χ2v) is 8.92. The van der Waals surface area contributed by atoms with Crippen LogP contribution in [0, 0.1) is 5.92 Å². The minimum atomic E-state index is -0.0989. The monoisotopic (exact) mass is 502 g/mol. The maximum Gasteiger partial charge on any atom is 0.161 e. The number of likely N-dealkylation sites (N-methyl/N-ethyl adjacent to an activating group) is 1. The predicted molar refractivity (Wildman–Crippen MR) is 134 cm³/mol. The van der Waals surface area contributed by atoms with E-state index < -0.39 is 0 Å². The van der Waals surface area contributed by atoms with Crippen LogP contribution in [0.25, 0.3) is 0 Å². The van der Waals surface area contributed by atoms with Gasteiger partial charge in [0.25, 0.3) is 0 Å². The Balaban J connectivity index is 0.00000181. The Hall–Kier alpha value is -1.21. The van der Waals surface area contributed by atoms with Crippen molar-refractivity contribution in [1.29, 1.82) is 0 Å². The molecule has 0 unspecified atom stereocenters. The van der Waals surface area contributed by atoms with Crippen molar-refractivity contribution in [3.63, 3.8) is 0 Å². The van der Waals surface area contributed by atoms with E-state index in [4.69, 9.17) is 16.3 Å². The maximum absolute atomic E-state index is 10.4. The van der Waals surface area contributed by atoms with Crippen molar-refractivity contribution < 1.29 is 14.9 Å². The molecule has 1 fully saturated rings. The number of piperidine rings is 1. The standard InChI is InChI=1S/C24H31ClN2O3.2ClH/c1-26-15-23-19-6-7-21(28)24(29)20(19)14-22(30-23)17-9-12-27(13-10-17)11-8-16-2-4-18(25)5-3-16;;/h2-7,17,22-23,26,28-29H,8-15H2,1H3;2*1H/t22-,23-;;/m0../s1. The Kier molecular flexibility index (Phi) is 10.4. The number of nitrogens with one attached hydrogen (secondary N) is 1. The molecule has 5 nitrogen and oxygen atoms in total. The Morgan fingerprint density at radius 2 is 1.75 bits per heavy atom. The van der Waals surface area contributed by atoms with Gasteiger partial charge in [-0.15, -0.1) is 24.8 Å². The van der Waals surface area contributed by atoms with Crippen molar-refractivity contribution in [3.05, 3.63) is 58.1 Å². The third kappa shape index (κ3) is 6.22. The molecule has 2 aromatic carbocycles. The van der Waals surface area contributed by atoms with Gasteiger partial charge in [0.15, 0.2) is 11.5 Å². The minimum Gasteiger partial charge on any atom is -0.504 e. The van der Waals surface area contributed by atoms with Crippen LogP contribution >= 0.6 is 36.4 Å². The number of likely N-dealkylation sites (tertiary alicyclic amines) is 1. The fourth-order valence-corrected chi connectivity index (χ4v) is 4.92. The van der Waals surface area contributed by atoms with E-state index in [0.717, 1.165) is 55.0 Å². The largest absolute Gasteiger partial charge is 0.504 e. The first-order valence-electron chi connectivity index (χ1n) is 10.9. The van der Waals surface area contributed by atoms with Gasteiger partial charge in [-0.05, 0) is 74.6 Å². The summed E-state index contributed by atoms with van der Waals surface area (Å²) in [4.78, 5) is 2.52. The molecule has 0 bridgehead atoms. The number of phenols is 2. The Labute approximate surface area is 207 Å². The van der Waals surface area contributed by atoms with E-state index in [9.17, 15) is 10.2 Å². The lowest BCUT2D eigenvalue weighted by atomic mass is 9.83. The van der Waals surface area contributed by atoms with Gasteiger partial charge in [-0.1, -0.05) is 29.8 Å². The third-order valence-corrected chi connectivity index (χ3v) is 6.82. The zero-order chi connectivity index (χ0) is 21.1. The van der Waals surface area contributed by atoms with Gasteiger partial charge < -0.3 is 25.2 Å². The number of ether oxygens (including phenoxy) is 1. The molecule has 2 aromatic rings. The molecule has 2 aliphatic heterocycles. The summed E-state index contributed by atoms with van der Waals surface area (Å²) >= 11 is 5.97. The minimum absolute atomic E-state index is 0. The molecule has 0 aliphatic carbocycles. The lowest BCUT2D eigenvalue weighted by Crippen LogP contribution is -2.42. The molecule has 0 radical (unpaired) electrons. The molecule has 3 N–H and O–H groups in total. The Morgan fingerprint density at radius 3 is 2.41 bits per heavy atom. The van der Waals surface area contributed by atoms with E-state index in [1.807, 2.05) is 25.2 Å². The van der Waals surface area contributed by atoms with Crippen LogP contribution in [0.3, 0.4) is 0 Å². The molecule has 0 spiro atoms. The van der Waals surface area contributed by atoms with Gasteiger partial charge in [0.2, 0.25) is 0 Å². The Bertz CT molecular complexity index is 858. The number of halogens is 3. The number of aromatic hydroxyl groups is 2. The number of rotatable bonds is 6. The fraction of sp³-hybridized carbons (Fsp3) is 0.500. The predicted octanol–water partition coefficient (Wildman–Crippen LogP) is 4.75. The quantitative estimate of drug-likeness (QED) is 0.497. The van der Waals surface area contributed by atoms with Gasteiger partial charge in [-0.25, -0.2) is 0 Å². The number of benzene rings is 2. The molecule has 2 aliphatic rings. The lowest BCUT2D eigenvalue weighted by molar-refractivity contribution is -0.0670. The fourth-order valence-electron chi connectivity index (χ4n) is 4.80. The highest BCUT2D eigenvalue weighted by Gasteiger charge is 2.35. The number of phenolic OH excluding ortho intramolecular Hbond substituents is 2. The first-order chi connectivity index (χ1) is 14.5. The molecule has 0 amide bonds. The van der Waals surface area contributed by atoms with Crippen LogP contribution in [0.4, 0.5) is 0 Å². The van der Waals surface area contributed by atoms with Crippen molar-refractivity contribution in [2.75, 3.05) is 33.2 Å². The average Bonchev–Trinajstić information content (AvgIpc) is 2.76. The SMILES string of the molecule is CNC[C@@H]1O[C@H](C2CCN(CCc3ccc(Cl)cc3)CC2)Cc2c1ccc(O)c2O.Cl.Cl. The molecular formula is C24H33Cl3N2O3. The molecule has 2 heterocycles. The zero-order valence-electron chi connectivity index (χ0n) is 18.3. The number of hydrogen-bond acceptors (Lipinski definition) is 5. The van der Waals surface area contributed by atoms with E-state index >= 15 is 0 Å². The van der Waals surface area contributed by atoms with Crippen molar-refractivity contribution in [3.8, 4) is 11.5 Å². The van der Waals surface area contributed by atoms with E-state index in [1.54, 1.807) is 6.07 Å². The summed E-state index contributed by atoms with van der Waals surface area (Å²) in [5.74, 6) is 0.433. The van der Waals surface area contributed by atoms with Gasteiger partial charge in [-0.3, -0.25) is 0 Å². The normalized spacial score (nSPS) is 21.3. The van der Waals surface area contributed by atoms with Crippen LogP contribution in [-0.2, 0) is 17.6 Å². The van der Waals surface area contributed by atoms with Gasteiger partial charge in [-0.2, -0.15) is 0 Å². The van der Waals surface area contributed by atoms with Crippen LogP contribution in [0.2, 0.25) is 5.02 Å². The highest BCUT2D eigenvalue weighted by molar-refractivity contribution is 6.30. The van der Waals surface area contributed by atoms with Crippen molar-refractivity contribution in [2.45, 2.75) is 37.9 Å². The van der Waals surface area contributed by atoms with E-state index in [-0.39, 0.29) is 48.5 Å². The molecule has 2 atom stereocenters. The van der Waals surface area contributed by atoms with Crippen LogP contribution in [0.15, 0.2) is 36.4 Å². The molecule has 8 heteroatoms. The van der Waals surface area contributed by atoms with Gasteiger partial charge in [0.1, 0.15) is 0 Å². The van der Waals surface area contributed by atoms with Crippen LogP contribution in [0.1, 0.15) is 35.6 Å². The third-order valence-electron chi connectivity index (χ3n) is 6.57. The average molecular weight is 504 g/mol. The highest BCUT2D eigenvalue weighted by atomic mass is 35.5. The molecule has 32 heavy (non-hydrogen) atoms. The zero-order valence-corrected chi connectivity index (χ0v) is 20.7. The number of fused-ring (bicyclic) bond motifs is 1. The molecule has 0 aromatic heterocycles. The smallest absolute Gasteiger partial charge is 0.161 e. The van der Waals surface area contributed by atoms with Crippen molar-refractivity contribution in [1.82, 2.24) is 10.2 Å². The Morgan fingerprint density at radius 1 is 1.06 bits per heavy atom. The molecule has 1 saturated heterocycles. The second kappa shape index (κ2) is 12.3. The second-order valence-electron chi connectivity index (χ2n) is 8.48. The summed E-state index contributed by atoms with van der Waals surface area (Å²) < 4.78 is 6.48. The van der Waals surface area contributed by atoms with Crippen molar-refractivity contribution >= 4 is 36.4 Å². The summed E-state index contributed by atoms with van der Waals surface area (Å²) in [6.07, 6.45) is 3.84. The number of hydrogen-bond donors (Lipinski definition) is 3. The van der Waals surface area contributed by atoms with Gasteiger partial charge in [0, 0.05) is 30.1 Å². The van der Waals surface area contributed by atoms with Crippen molar-refractivity contribution in [2.24, 2.45) is 5.92 Å². The van der Waals surface area contributed by atoms with Crippen LogP contribution in [-0.4, -0.2) is 54.4 Å². The molecular weight excluding hydrogens is 471 g/mol. The first kappa shape index (κ1) is 27.0. The maximum atomic E-state index is 10.4. The van der Waals surface area contributed by atoms with Gasteiger partial charge >= 0.3 is 0 Å². The van der Waals surface area contributed by atoms with E-state index in [1.165, 1.54) is 5.56 Å². The van der Waals surface area contributed by atoms with E-state index in [0.29, 0.717) is 18.9 Å². The molecule has 4 rings (SSSR count). The van der Waals surface area contributed by atoms with Gasteiger partial charge in [0.05, 0.1) is 12.2 Å².